The van der Waals surface area contributed by atoms with Crippen molar-refractivity contribution in [2.75, 3.05) is 13.2 Å². The Balaban J connectivity index is 1.62. The van der Waals surface area contributed by atoms with Gasteiger partial charge in [0.05, 0.1) is 19.3 Å². The molecule has 2 heterocycles. The Morgan fingerprint density at radius 2 is 1.91 bits per heavy atom. The summed E-state index contributed by atoms with van der Waals surface area (Å²) < 4.78 is 42.5. The normalized spacial score (nSPS) is 25.3. The molecule has 1 fully saturated rings. The fourth-order valence-corrected chi connectivity index (χ4v) is 3.49. The molecule has 0 aromatic heterocycles. The maximum absolute atomic E-state index is 12.3. The predicted molar refractivity (Wildman–Crippen MR) is 83.0 cm³/mol. The van der Waals surface area contributed by atoms with Gasteiger partial charge in [-0.3, -0.25) is 4.90 Å². The highest BCUT2D eigenvalue weighted by Crippen LogP contribution is 2.32. The summed E-state index contributed by atoms with van der Waals surface area (Å²) in [6, 6.07) is 10.7. The maximum Gasteiger partial charge on any atom is 0.389 e. The molecule has 0 amide bonds. The molecular weight excluding hydrogens is 303 g/mol. The van der Waals surface area contributed by atoms with Gasteiger partial charge in [-0.25, -0.2) is 0 Å². The predicted octanol–water partition coefficient (Wildman–Crippen LogP) is 4.32. The van der Waals surface area contributed by atoms with Crippen molar-refractivity contribution in [3.63, 3.8) is 0 Å². The standard InChI is InChI=1S/C18H22F3NO/c19-18(20,21)8-4-7-15-9-16-12-23-13-17(10-15)22(16)11-14-5-2-1-3-6-14/h1-3,5-6,9,16-17H,4,7-8,10-13H2. The number of hydrogen-bond donors (Lipinski definition) is 0. The Kier molecular flexibility index (Phi) is 5.07. The zero-order valence-corrected chi connectivity index (χ0v) is 13.1. The lowest BCUT2D eigenvalue weighted by Crippen LogP contribution is -2.53. The molecule has 0 saturated carbocycles. The van der Waals surface area contributed by atoms with Crippen LogP contribution in [0.4, 0.5) is 13.2 Å². The summed E-state index contributed by atoms with van der Waals surface area (Å²) in [7, 11) is 0. The SMILES string of the molecule is FC(F)(F)CCCC1=CC2COCC(C1)N2Cc1ccccc1. The number of alkyl halides is 3. The summed E-state index contributed by atoms with van der Waals surface area (Å²) in [4.78, 5) is 2.42. The van der Waals surface area contributed by atoms with E-state index in [2.05, 4.69) is 23.1 Å². The highest BCUT2D eigenvalue weighted by atomic mass is 19.4. The molecule has 1 saturated heterocycles. The molecule has 2 aliphatic heterocycles. The summed E-state index contributed by atoms with van der Waals surface area (Å²) in [5.74, 6) is 0. The van der Waals surface area contributed by atoms with Gasteiger partial charge in [0, 0.05) is 19.0 Å². The van der Waals surface area contributed by atoms with E-state index < -0.39 is 12.6 Å². The van der Waals surface area contributed by atoms with Crippen molar-refractivity contribution in [2.24, 2.45) is 0 Å². The number of benzene rings is 1. The summed E-state index contributed by atoms with van der Waals surface area (Å²) in [5, 5.41) is 0. The smallest absolute Gasteiger partial charge is 0.378 e. The first-order valence-corrected chi connectivity index (χ1v) is 8.15. The van der Waals surface area contributed by atoms with Gasteiger partial charge in [0.1, 0.15) is 0 Å². The highest BCUT2D eigenvalue weighted by molar-refractivity contribution is 5.20. The Labute approximate surface area is 134 Å². The van der Waals surface area contributed by atoms with Crippen LogP contribution in [0.2, 0.25) is 0 Å². The number of nitrogens with zero attached hydrogens (tertiary/aromatic N) is 1. The number of ether oxygens (including phenoxy) is 1. The van der Waals surface area contributed by atoms with E-state index in [0.717, 1.165) is 18.5 Å². The van der Waals surface area contributed by atoms with E-state index in [9.17, 15) is 13.2 Å². The van der Waals surface area contributed by atoms with E-state index in [4.69, 9.17) is 4.74 Å². The van der Waals surface area contributed by atoms with Crippen LogP contribution in [0.5, 0.6) is 0 Å². The Morgan fingerprint density at radius 1 is 1.13 bits per heavy atom. The maximum atomic E-state index is 12.3. The van der Waals surface area contributed by atoms with Gasteiger partial charge in [0.2, 0.25) is 0 Å². The van der Waals surface area contributed by atoms with Gasteiger partial charge < -0.3 is 4.74 Å². The second kappa shape index (κ2) is 7.05. The Bertz CT molecular complexity index is 541. The summed E-state index contributed by atoms with van der Waals surface area (Å²) in [5.41, 5.74) is 2.43. The molecule has 126 valence electrons. The van der Waals surface area contributed by atoms with Crippen LogP contribution in [0.1, 0.15) is 31.2 Å². The summed E-state index contributed by atoms with van der Waals surface area (Å²) >= 11 is 0. The molecule has 5 heteroatoms. The topological polar surface area (TPSA) is 12.5 Å². The van der Waals surface area contributed by atoms with E-state index in [0.29, 0.717) is 19.6 Å². The van der Waals surface area contributed by atoms with Gasteiger partial charge in [0.15, 0.2) is 0 Å². The number of morpholine rings is 1. The quantitative estimate of drug-likeness (QED) is 0.748. The molecule has 1 aromatic carbocycles. The molecule has 0 aliphatic carbocycles. The monoisotopic (exact) mass is 325 g/mol. The minimum Gasteiger partial charge on any atom is -0.378 e. The zero-order chi connectivity index (χ0) is 16.3. The van der Waals surface area contributed by atoms with Crippen molar-refractivity contribution in [2.45, 2.75) is 50.5 Å². The largest absolute Gasteiger partial charge is 0.389 e. The Hall–Kier alpha value is -1.33. The highest BCUT2D eigenvalue weighted by Gasteiger charge is 2.34. The lowest BCUT2D eigenvalue weighted by molar-refractivity contribution is -0.135. The van der Waals surface area contributed by atoms with Crippen LogP contribution in [0.15, 0.2) is 42.0 Å². The lowest BCUT2D eigenvalue weighted by atomic mass is 9.90. The van der Waals surface area contributed by atoms with E-state index in [1.54, 1.807) is 0 Å². The minimum atomic E-state index is -4.05. The number of hydrogen-bond acceptors (Lipinski definition) is 2. The third-order valence-corrected chi connectivity index (χ3v) is 4.59. The van der Waals surface area contributed by atoms with Gasteiger partial charge in [-0.05, 0) is 24.8 Å². The number of halogens is 3. The fourth-order valence-electron chi connectivity index (χ4n) is 3.49. The Morgan fingerprint density at radius 3 is 2.61 bits per heavy atom. The van der Waals surface area contributed by atoms with Crippen LogP contribution in [0.25, 0.3) is 0 Å². The van der Waals surface area contributed by atoms with Crippen LogP contribution in [-0.2, 0) is 11.3 Å². The molecule has 3 rings (SSSR count). The van der Waals surface area contributed by atoms with Crippen LogP contribution in [-0.4, -0.2) is 36.4 Å². The van der Waals surface area contributed by atoms with E-state index in [1.165, 1.54) is 5.56 Å². The van der Waals surface area contributed by atoms with E-state index >= 15 is 0 Å². The first-order chi connectivity index (χ1) is 11.0. The zero-order valence-electron chi connectivity index (χ0n) is 13.1. The van der Waals surface area contributed by atoms with Crippen molar-refractivity contribution < 1.29 is 17.9 Å². The van der Waals surface area contributed by atoms with E-state index in [1.807, 2.05) is 18.2 Å². The molecule has 0 N–H and O–H groups in total. The minimum absolute atomic E-state index is 0.184. The average molecular weight is 325 g/mol. The molecule has 1 aromatic rings. The molecule has 23 heavy (non-hydrogen) atoms. The van der Waals surface area contributed by atoms with Gasteiger partial charge in [0.25, 0.3) is 0 Å². The molecule has 2 unspecified atom stereocenters. The molecule has 2 nitrogen and oxygen atoms in total. The third-order valence-electron chi connectivity index (χ3n) is 4.59. The van der Waals surface area contributed by atoms with Crippen LogP contribution in [0, 0.1) is 0 Å². The van der Waals surface area contributed by atoms with Crippen molar-refractivity contribution >= 4 is 0 Å². The van der Waals surface area contributed by atoms with Crippen LogP contribution in [0.3, 0.4) is 0 Å². The van der Waals surface area contributed by atoms with Gasteiger partial charge in [-0.2, -0.15) is 13.2 Å². The van der Waals surface area contributed by atoms with Crippen molar-refractivity contribution in [1.29, 1.82) is 0 Å². The molecule has 2 bridgehead atoms. The fraction of sp³-hybridized carbons (Fsp3) is 0.556. The summed E-state index contributed by atoms with van der Waals surface area (Å²) in [6.07, 6.45) is -1.05. The van der Waals surface area contributed by atoms with Crippen LogP contribution >= 0.6 is 0 Å². The van der Waals surface area contributed by atoms with Gasteiger partial charge in [-0.1, -0.05) is 42.0 Å². The molecule has 2 aliphatic rings. The van der Waals surface area contributed by atoms with Crippen molar-refractivity contribution in [3.05, 3.63) is 47.5 Å². The second-order valence-corrected chi connectivity index (χ2v) is 6.41. The van der Waals surface area contributed by atoms with Gasteiger partial charge in [-0.15, -0.1) is 0 Å². The average Bonchev–Trinajstić information content (AvgIpc) is 2.47. The molecule has 0 radical (unpaired) electrons. The van der Waals surface area contributed by atoms with Crippen LogP contribution < -0.4 is 0 Å². The van der Waals surface area contributed by atoms with Gasteiger partial charge >= 0.3 is 6.18 Å². The first-order valence-electron chi connectivity index (χ1n) is 8.15. The number of rotatable bonds is 5. The second-order valence-electron chi connectivity index (χ2n) is 6.41. The first kappa shape index (κ1) is 16.5. The number of fused-ring (bicyclic) bond motifs is 2. The molecule has 0 spiro atoms. The third kappa shape index (κ3) is 4.58. The summed E-state index contributed by atoms with van der Waals surface area (Å²) in [6.45, 7) is 2.16. The molecular formula is C18H22F3NO. The molecule has 2 atom stereocenters. The van der Waals surface area contributed by atoms with Crippen molar-refractivity contribution in [1.82, 2.24) is 4.90 Å². The van der Waals surface area contributed by atoms with Crippen molar-refractivity contribution in [3.8, 4) is 0 Å². The van der Waals surface area contributed by atoms with E-state index in [-0.39, 0.29) is 18.5 Å². The lowest BCUT2D eigenvalue weighted by Gasteiger charge is -2.45.